The quantitative estimate of drug-likeness (QED) is 0.483. The number of carbonyl (C=O) groups excluding carboxylic acids is 1. The van der Waals surface area contributed by atoms with Crippen LogP contribution in [0.3, 0.4) is 0 Å². The number of hydrogen-bond donors (Lipinski definition) is 3. The third-order valence-electron chi connectivity index (χ3n) is 5.57. The Morgan fingerprint density at radius 3 is 2.90 bits per heavy atom. The molecule has 2 atom stereocenters. The van der Waals surface area contributed by atoms with E-state index in [1.807, 2.05) is 37.3 Å². The van der Waals surface area contributed by atoms with Crippen molar-refractivity contribution in [2.24, 2.45) is 0 Å². The van der Waals surface area contributed by atoms with E-state index in [1.54, 1.807) is 13.2 Å². The van der Waals surface area contributed by atoms with E-state index in [9.17, 15) is 4.79 Å². The second-order valence-corrected chi connectivity index (χ2v) is 7.71. The maximum Gasteiger partial charge on any atom is 0.253 e. The molecule has 0 unspecified atom stereocenters. The number of amides is 1. The Morgan fingerprint density at radius 1 is 1.32 bits per heavy atom. The minimum absolute atomic E-state index is 0.0595. The van der Waals surface area contributed by atoms with E-state index in [4.69, 9.17) is 14.7 Å². The molecular weight excluding hydrogens is 390 g/mol. The van der Waals surface area contributed by atoms with Gasteiger partial charge >= 0.3 is 0 Å². The molecule has 1 aromatic carbocycles. The standard InChI is InChI=1S/C24H27N5O2/c1-5-8-15-12-25-24(30)18-11-20(28-21(15)18)17-9-7-10-19-22(17)29-23(14(3)26-19)27-16(6-2)13-31-4/h5-7,9-11,15-16,28H,1-2,8,12-13H2,3-4H3,(H,25,30)(H,27,29)/t15-,16+/m0/s1. The van der Waals surface area contributed by atoms with Gasteiger partial charge in [-0.25, -0.2) is 9.97 Å². The lowest BCUT2D eigenvalue weighted by Crippen LogP contribution is -2.34. The molecule has 2 aromatic heterocycles. The monoisotopic (exact) mass is 417 g/mol. The summed E-state index contributed by atoms with van der Waals surface area (Å²) in [6.07, 6.45) is 4.46. The largest absolute Gasteiger partial charge is 0.382 e. The Balaban J connectivity index is 1.80. The zero-order valence-electron chi connectivity index (χ0n) is 17.9. The zero-order valence-corrected chi connectivity index (χ0v) is 17.9. The highest BCUT2D eigenvalue weighted by atomic mass is 16.5. The first kappa shape index (κ1) is 20.8. The number of benzene rings is 1. The van der Waals surface area contributed by atoms with Crippen molar-refractivity contribution in [2.45, 2.75) is 25.3 Å². The molecule has 0 bridgehead atoms. The first-order valence-corrected chi connectivity index (χ1v) is 10.3. The van der Waals surface area contributed by atoms with Crippen molar-refractivity contribution >= 4 is 22.8 Å². The average Bonchev–Trinajstić information content (AvgIpc) is 3.22. The molecule has 0 radical (unpaired) electrons. The molecule has 0 saturated heterocycles. The Morgan fingerprint density at radius 2 is 2.16 bits per heavy atom. The SMILES string of the molecule is C=CC[C@H]1CNC(=O)c2cc(-c3cccc4nc(C)c(N[C@H](C=C)COC)nc34)[nH]c21. The van der Waals surface area contributed by atoms with Crippen LogP contribution in [0.15, 0.2) is 49.6 Å². The lowest BCUT2D eigenvalue weighted by Gasteiger charge is -2.21. The number of allylic oxidation sites excluding steroid dienone is 1. The number of fused-ring (bicyclic) bond motifs is 2. The highest BCUT2D eigenvalue weighted by Crippen LogP contribution is 2.34. The molecule has 3 N–H and O–H groups in total. The van der Waals surface area contributed by atoms with Gasteiger partial charge in [0, 0.05) is 36.5 Å². The number of nitrogens with one attached hydrogen (secondary N) is 3. The maximum absolute atomic E-state index is 12.4. The molecule has 1 aliphatic rings. The van der Waals surface area contributed by atoms with Gasteiger partial charge in [-0.15, -0.1) is 13.2 Å². The maximum atomic E-state index is 12.4. The van der Waals surface area contributed by atoms with Crippen LogP contribution in [0.25, 0.3) is 22.3 Å². The summed E-state index contributed by atoms with van der Waals surface area (Å²) in [4.78, 5) is 25.6. The second kappa shape index (κ2) is 8.73. The third kappa shape index (κ3) is 3.96. The smallest absolute Gasteiger partial charge is 0.253 e. The molecule has 0 saturated carbocycles. The van der Waals surface area contributed by atoms with Gasteiger partial charge in [-0.1, -0.05) is 24.3 Å². The van der Waals surface area contributed by atoms with E-state index in [0.717, 1.165) is 40.1 Å². The first-order valence-electron chi connectivity index (χ1n) is 10.3. The molecule has 4 rings (SSSR count). The first-order chi connectivity index (χ1) is 15.0. The summed E-state index contributed by atoms with van der Waals surface area (Å²) in [5, 5.41) is 6.31. The van der Waals surface area contributed by atoms with Gasteiger partial charge in [0.2, 0.25) is 0 Å². The molecule has 0 fully saturated rings. The van der Waals surface area contributed by atoms with Crippen molar-refractivity contribution in [2.75, 3.05) is 25.6 Å². The molecule has 3 aromatic rings. The van der Waals surface area contributed by atoms with Gasteiger partial charge < -0.3 is 20.4 Å². The number of H-pyrrole nitrogens is 1. The van der Waals surface area contributed by atoms with Crippen LogP contribution in [0.5, 0.6) is 0 Å². The topological polar surface area (TPSA) is 91.9 Å². The lowest BCUT2D eigenvalue weighted by molar-refractivity contribution is 0.0940. The average molecular weight is 418 g/mol. The van der Waals surface area contributed by atoms with Gasteiger partial charge in [0.05, 0.1) is 29.4 Å². The predicted molar refractivity (Wildman–Crippen MR) is 123 cm³/mol. The van der Waals surface area contributed by atoms with Crippen molar-refractivity contribution in [1.82, 2.24) is 20.3 Å². The highest BCUT2D eigenvalue weighted by Gasteiger charge is 2.27. The van der Waals surface area contributed by atoms with Gasteiger partial charge in [-0.2, -0.15) is 0 Å². The van der Waals surface area contributed by atoms with E-state index in [1.165, 1.54) is 0 Å². The Hall–Kier alpha value is -3.45. The number of rotatable bonds is 8. The van der Waals surface area contributed by atoms with Crippen LogP contribution in [0, 0.1) is 6.92 Å². The fraction of sp³-hybridized carbons (Fsp3) is 0.292. The third-order valence-corrected chi connectivity index (χ3v) is 5.57. The van der Waals surface area contributed by atoms with Crippen LogP contribution in [-0.2, 0) is 4.74 Å². The summed E-state index contributed by atoms with van der Waals surface area (Å²) in [6, 6.07) is 7.72. The number of carbonyl (C=O) groups is 1. The molecular formula is C24H27N5O2. The van der Waals surface area contributed by atoms with Gasteiger partial charge in [0.15, 0.2) is 0 Å². The van der Waals surface area contributed by atoms with Gasteiger partial charge in [-0.05, 0) is 25.5 Å². The molecule has 7 nitrogen and oxygen atoms in total. The van der Waals surface area contributed by atoms with Crippen LogP contribution in [0.4, 0.5) is 5.82 Å². The fourth-order valence-electron chi connectivity index (χ4n) is 3.98. The molecule has 160 valence electrons. The summed E-state index contributed by atoms with van der Waals surface area (Å²) in [5.74, 6) is 0.804. The van der Waals surface area contributed by atoms with Crippen molar-refractivity contribution in [3.8, 4) is 11.3 Å². The van der Waals surface area contributed by atoms with Crippen LogP contribution in [0.1, 0.15) is 34.1 Å². The van der Waals surface area contributed by atoms with Gasteiger partial charge in [0.25, 0.3) is 5.91 Å². The predicted octanol–water partition coefficient (Wildman–Crippen LogP) is 3.95. The summed E-state index contributed by atoms with van der Waals surface area (Å²) < 4.78 is 5.24. The van der Waals surface area contributed by atoms with Crippen molar-refractivity contribution < 1.29 is 9.53 Å². The number of aryl methyl sites for hydroxylation is 1. The zero-order chi connectivity index (χ0) is 22.0. The lowest BCUT2D eigenvalue weighted by atomic mass is 9.94. The van der Waals surface area contributed by atoms with Gasteiger partial charge in [0.1, 0.15) is 11.3 Å². The number of ether oxygens (including phenoxy) is 1. The van der Waals surface area contributed by atoms with Crippen LogP contribution >= 0.6 is 0 Å². The van der Waals surface area contributed by atoms with Crippen molar-refractivity contribution in [3.05, 3.63) is 66.5 Å². The molecule has 7 heteroatoms. The highest BCUT2D eigenvalue weighted by molar-refractivity contribution is 6.00. The number of hydrogen-bond acceptors (Lipinski definition) is 5. The molecule has 31 heavy (non-hydrogen) atoms. The summed E-state index contributed by atoms with van der Waals surface area (Å²) in [7, 11) is 1.65. The van der Waals surface area contributed by atoms with E-state index in [-0.39, 0.29) is 17.9 Å². The number of anilines is 1. The Bertz CT molecular complexity index is 1150. The van der Waals surface area contributed by atoms with Crippen molar-refractivity contribution in [3.63, 3.8) is 0 Å². The van der Waals surface area contributed by atoms with E-state index >= 15 is 0 Å². The van der Waals surface area contributed by atoms with Crippen LogP contribution in [-0.4, -0.2) is 47.2 Å². The number of nitrogens with zero attached hydrogens (tertiary/aromatic N) is 2. The molecule has 1 amide bonds. The van der Waals surface area contributed by atoms with Gasteiger partial charge in [-0.3, -0.25) is 4.79 Å². The minimum atomic E-state index is -0.0798. The summed E-state index contributed by atoms with van der Waals surface area (Å²) in [6.45, 7) is 10.7. The summed E-state index contributed by atoms with van der Waals surface area (Å²) in [5.41, 5.74) is 5.72. The molecule has 0 spiro atoms. The number of aromatic nitrogens is 3. The number of para-hydroxylation sites is 1. The number of aromatic amines is 1. The second-order valence-electron chi connectivity index (χ2n) is 7.71. The Kier molecular flexibility index (Phi) is 5.86. The van der Waals surface area contributed by atoms with Crippen LogP contribution < -0.4 is 10.6 Å². The normalized spacial score (nSPS) is 16.5. The molecule has 3 heterocycles. The fourth-order valence-corrected chi connectivity index (χ4v) is 3.98. The molecule has 1 aliphatic heterocycles. The number of methoxy groups -OCH3 is 1. The Labute approximate surface area is 181 Å². The van der Waals surface area contributed by atoms with E-state index in [0.29, 0.717) is 24.5 Å². The van der Waals surface area contributed by atoms with E-state index < -0.39 is 0 Å². The minimum Gasteiger partial charge on any atom is -0.382 e. The van der Waals surface area contributed by atoms with Crippen LogP contribution in [0.2, 0.25) is 0 Å². The molecule has 0 aliphatic carbocycles. The summed E-state index contributed by atoms with van der Waals surface area (Å²) >= 11 is 0. The van der Waals surface area contributed by atoms with E-state index in [2.05, 4.69) is 28.8 Å². The van der Waals surface area contributed by atoms with Crippen molar-refractivity contribution in [1.29, 1.82) is 0 Å².